The molecule has 2 N–H and O–H groups in total. The van der Waals surface area contributed by atoms with Gasteiger partial charge in [0.1, 0.15) is 48.2 Å². The van der Waals surface area contributed by atoms with Crippen molar-refractivity contribution in [1.82, 2.24) is 0 Å². The Hall–Kier alpha value is -3.67. The highest BCUT2D eigenvalue weighted by Gasteiger charge is 2.79. The SMILES string of the molecule is C=C1C[C@@H]2CC[C@]34O[C@H]5[C@H]6O[C@H](CC[C@@H]6OC6[C@H]5OC(O)([C@H]3O)[C@H]6O4)CC(=O)OC3[C@H](CC4O[C@@H](CCC1O2)C[C@@H](C)C4=C)O[C@H]1C[C@H]2O[C@@]4(C[C@@H]5OC6(C[C@H](C)[C@@H]7O[C@H](C)C[C@@H]7O6)C[C@H](C)[C@@H]5O4)C[C@H]2O[C@H]1[C@@H]3C.CC[C@H]1O[C@@H]([C@@H](C)CC(=O)C[C@H](C)[C@@H](/C=C/I)OCc2ccc(OC)cc2)[C@@H](O[Si](C)(C)C(C)(C)C)C[C@H]1C.O=C=O.O=C=O. The maximum absolute atomic E-state index is 14.5. The number of aliphatic hydroxyl groups excluding tert-OH is 1. The molecule has 12 bridgehead atoms. The first-order valence-corrected chi connectivity index (χ1v) is 48.8. The number of hydrogen-bond donors (Lipinski definition) is 2. The molecule has 38 atom stereocenters. The van der Waals surface area contributed by atoms with Crippen LogP contribution in [0, 0.1) is 41.4 Å². The fourth-order valence-electron chi connectivity index (χ4n) is 22.8. The van der Waals surface area contributed by atoms with E-state index in [4.69, 9.17) is 109 Å². The number of ether oxygens (including phenoxy) is 18. The predicted molar refractivity (Wildman–Crippen MR) is 440 cm³/mol. The lowest BCUT2D eigenvalue weighted by Crippen LogP contribution is -2.63. The smallest absolute Gasteiger partial charge is 0.373 e. The summed E-state index contributed by atoms with van der Waals surface area (Å²) in [7, 11) is -0.308. The third-order valence-electron chi connectivity index (χ3n) is 29.8. The van der Waals surface area contributed by atoms with Gasteiger partial charge in [0, 0.05) is 70.1 Å². The molecule has 0 amide bonds. The highest BCUT2D eigenvalue weighted by molar-refractivity contribution is 14.1. The van der Waals surface area contributed by atoms with Crippen LogP contribution in [0.4, 0.5) is 0 Å². The Morgan fingerprint density at radius 3 is 2.00 bits per heavy atom. The molecule has 17 heterocycles. The Morgan fingerprint density at radius 1 is 0.642 bits per heavy atom. The van der Waals surface area contributed by atoms with Crippen LogP contribution in [0.3, 0.4) is 0 Å². The van der Waals surface area contributed by atoms with Crippen molar-refractivity contribution in [2.24, 2.45) is 41.4 Å². The third-order valence-corrected chi connectivity index (χ3v) is 34.8. The maximum atomic E-state index is 14.5. The molecule has 17 saturated heterocycles. The first-order valence-electron chi connectivity index (χ1n) is 44.6. The summed E-state index contributed by atoms with van der Waals surface area (Å²) in [5.41, 5.74) is 3.12. The van der Waals surface area contributed by atoms with Gasteiger partial charge in [-0.3, -0.25) is 9.59 Å². The van der Waals surface area contributed by atoms with E-state index in [1.165, 1.54) is 0 Å². The average molecular weight is 1810 g/mol. The number of carbonyl (C=O) groups excluding carboxylic acids is 6. The molecule has 0 saturated carbocycles. The standard InChI is InChI=1S/C57H80O18.C32H53IO5Si.2CO2/c1-24-14-31-8-10-34-25(2)15-33(62-34)12-13-56-53(59)57(60)52(75-56)51-50(74-57)49(73-56)48-35(66-51)11-9-32(64-48)17-43(58)68-47-30(7)46-39(65-38(47)18-36(63-31)29(24)6)19-37-41(67-46)22-55(69-37)23-42-45(72-55)27(4)21-54(71-42)20-26(3)44-40(70-54)16-28(5)61-44;1-11-28-23(3)20-30(38-39(9,10)32(5,6)7)31(37-28)24(4)19-26(34)18-22(2)29(16-17-33)36-21-25-12-14-27(35-8)15-13-25;2*2-1-3/h24,26-28,30-42,44-53,59-60H,2,6,8-23H2,1,3-5,7H3;12-17,22-24,28-31H,11,18-21H2,1-10H3;;/b;17-16+;;/t24-,26+,27+,28-,30+,31+,32-,33+,34?,35+,36?,37-,38+,39+,40+,41-,42+,44+,45+,46+,47?,48+,49+,50+,51?,52+,53+,54?,55+,56-,57?;22-,23+,24-,28+,29+,30-,31-;;/m10../s1. The van der Waals surface area contributed by atoms with Gasteiger partial charge in [0.05, 0.1) is 142 Å². The molecule has 27 nitrogen and oxygen atoms in total. The zero-order valence-corrected chi connectivity index (χ0v) is 76.0. The summed E-state index contributed by atoms with van der Waals surface area (Å²) in [5, 5.41) is 23.9. The van der Waals surface area contributed by atoms with Crippen LogP contribution in [0.15, 0.2) is 58.7 Å². The molecule has 17 aliphatic heterocycles. The molecule has 6 unspecified atom stereocenters. The van der Waals surface area contributed by atoms with Gasteiger partial charge < -0.3 is 99.9 Å². The van der Waals surface area contributed by atoms with E-state index in [2.05, 4.69) is 132 Å². The van der Waals surface area contributed by atoms with E-state index in [0.717, 1.165) is 73.8 Å². The number of halogens is 1. The second-order valence-electron chi connectivity index (χ2n) is 39.6. The highest BCUT2D eigenvalue weighted by atomic mass is 127. The van der Waals surface area contributed by atoms with E-state index in [0.29, 0.717) is 82.7 Å². The molecular weight excluding hydrogens is 1680 g/mol. The van der Waals surface area contributed by atoms with Crippen molar-refractivity contribution in [2.45, 2.75) is 424 Å². The first-order chi connectivity index (χ1) is 57.0. The topological polar surface area (TPSA) is 318 Å². The van der Waals surface area contributed by atoms with Gasteiger partial charge >= 0.3 is 18.3 Å². The summed E-state index contributed by atoms with van der Waals surface area (Å²) < 4.78 is 129. The molecule has 670 valence electrons. The molecule has 0 aliphatic carbocycles. The molecule has 0 aromatic heterocycles. The van der Waals surface area contributed by atoms with Crippen molar-refractivity contribution in [3.8, 4) is 5.75 Å². The second-order valence-corrected chi connectivity index (χ2v) is 45.1. The Bertz CT molecular complexity index is 3820. The van der Waals surface area contributed by atoms with Gasteiger partial charge in [0.25, 0.3) is 0 Å². The number of Topliss-reactive ketones (excluding diaryl/α,β-unsaturated/α-hetero) is 1. The van der Waals surface area contributed by atoms with Crippen LogP contribution < -0.4 is 4.74 Å². The summed E-state index contributed by atoms with van der Waals surface area (Å²) in [5.74, 6) is -3.35. The lowest BCUT2D eigenvalue weighted by Gasteiger charge is -2.51. The minimum absolute atomic E-state index is 0.0109. The molecule has 1 aromatic rings. The molecule has 0 radical (unpaired) electrons. The Morgan fingerprint density at radius 2 is 1.29 bits per heavy atom. The Labute approximate surface area is 722 Å². The number of benzene rings is 1. The number of carbonyl (C=O) groups is 2. The van der Waals surface area contributed by atoms with Crippen LogP contribution in [0.2, 0.25) is 18.1 Å². The number of ketones is 1. The summed E-state index contributed by atoms with van der Waals surface area (Å²) >= 11 is 2.22. The van der Waals surface area contributed by atoms with E-state index in [1.54, 1.807) is 7.11 Å². The lowest BCUT2D eigenvalue weighted by atomic mass is 9.79. The van der Waals surface area contributed by atoms with Gasteiger partial charge in [-0.2, -0.15) is 19.2 Å². The van der Waals surface area contributed by atoms with Crippen LogP contribution in [-0.4, -0.2) is 238 Å². The third kappa shape index (κ3) is 19.1. The fourth-order valence-corrected chi connectivity index (χ4v) is 24.6. The van der Waals surface area contributed by atoms with Crippen molar-refractivity contribution < 1.29 is 129 Å². The molecule has 17 aliphatic rings. The minimum atomic E-state index is -2.02. The van der Waals surface area contributed by atoms with Gasteiger partial charge in [-0.25, -0.2) is 0 Å². The molecule has 29 heteroatoms. The van der Waals surface area contributed by atoms with Gasteiger partial charge in [-0.15, -0.1) is 0 Å². The number of hydrogen-bond acceptors (Lipinski definition) is 27. The monoisotopic (exact) mass is 1810 g/mol. The quantitative estimate of drug-likeness (QED) is 0.0756. The van der Waals surface area contributed by atoms with Gasteiger partial charge in [-0.1, -0.05) is 124 Å². The molecule has 1 aromatic carbocycles. The fraction of sp³-hybridized carbons (Fsp3) is 0.824. The van der Waals surface area contributed by atoms with E-state index in [-0.39, 0.29) is 169 Å². The Kier molecular flexibility index (Phi) is 29.0. The van der Waals surface area contributed by atoms with E-state index < -0.39 is 98.5 Å². The molecule has 18 rings (SSSR count). The van der Waals surface area contributed by atoms with Gasteiger partial charge in [0.15, 0.2) is 26.0 Å². The summed E-state index contributed by atoms with van der Waals surface area (Å²) in [6.45, 7) is 40.7. The number of rotatable bonds is 14. The van der Waals surface area contributed by atoms with Crippen LogP contribution >= 0.6 is 22.6 Å². The van der Waals surface area contributed by atoms with Crippen molar-refractivity contribution >= 4 is 55.0 Å². The van der Waals surface area contributed by atoms with Crippen LogP contribution in [0.5, 0.6) is 5.75 Å². The largest absolute Gasteiger partial charge is 0.497 e. The number of methoxy groups -OCH3 is 1. The molecule has 17 fully saturated rings. The summed E-state index contributed by atoms with van der Waals surface area (Å²) in [6, 6.07) is 7.90. The first kappa shape index (κ1) is 92.5. The Balaban J connectivity index is 0.000000222. The number of fused-ring (bicyclic) bond motifs is 10. The van der Waals surface area contributed by atoms with E-state index in [1.807, 2.05) is 34.4 Å². The van der Waals surface area contributed by atoms with Crippen molar-refractivity contribution in [1.29, 1.82) is 0 Å². The van der Waals surface area contributed by atoms with Crippen molar-refractivity contribution in [3.05, 3.63) is 64.3 Å². The van der Waals surface area contributed by atoms with Crippen molar-refractivity contribution in [2.75, 3.05) is 7.11 Å². The zero-order valence-electron chi connectivity index (χ0n) is 72.8. The van der Waals surface area contributed by atoms with E-state index >= 15 is 0 Å². The van der Waals surface area contributed by atoms with Crippen LogP contribution in [-0.2, 0) is 120 Å². The zero-order chi connectivity index (χ0) is 86.0. The van der Waals surface area contributed by atoms with Crippen LogP contribution in [0.25, 0.3) is 0 Å². The predicted octanol–water partition coefficient (Wildman–Crippen LogP) is 12.7. The molecule has 3 spiro atoms. The van der Waals surface area contributed by atoms with E-state index in [9.17, 15) is 19.8 Å². The lowest BCUT2D eigenvalue weighted by molar-refractivity contribution is -0.347. The average Bonchev–Trinajstić information content (AvgIpc) is 1.51. The summed E-state index contributed by atoms with van der Waals surface area (Å²) in [4.78, 5) is 60.4. The van der Waals surface area contributed by atoms with Gasteiger partial charge in [-0.05, 0) is 157 Å². The van der Waals surface area contributed by atoms with Crippen molar-refractivity contribution in [3.63, 3.8) is 0 Å². The highest BCUT2D eigenvalue weighted by Crippen LogP contribution is 2.60. The van der Waals surface area contributed by atoms with Gasteiger partial charge in [0.2, 0.25) is 11.6 Å². The number of esters is 1. The van der Waals surface area contributed by atoms with Crippen LogP contribution in [0.1, 0.15) is 217 Å². The normalized spacial score (nSPS) is 46.2. The second kappa shape index (κ2) is 37.6. The molecular formula is C91H133IO27Si. The molecule has 120 heavy (non-hydrogen) atoms. The maximum Gasteiger partial charge on any atom is 0.373 e. The minimum Gasteiger partial charge on any atom is -0.497 e. The number of aliphatic hydroxyl groups is 2. The summed E-state index contributed by atoms with van der Waals surface area (Å²) in [6.07, 6.45) is 5.72.